The molecule has 21 heavy (non-hydrogen) atoms. The van der Waals surface area contributed by atoms with Gasteiger partial charge in [-0.25, -0.2) is 0 Å². The first-order valence-electron chi connectivity index (χ1n) is 6.03. The lowest BCUT2D eigenvalue weighted by Gasteiger charge is -2.12. The highest BCUT2D eigenvalue weighted by molar-refractivity contribution is 9.10. The summed E-state index contributed by atoms with van der Waals surface area (Å²) >= 11 is 9.21. The minimum atomic E-state index is -0.254. The molecule has 0 aromatic heterocycles. The van der Waals surface area contributed by atoms with Crippen molar-refractivity contribution < 1.29 is 14.3 Å². The maximum atomic E-state index is 12.2. The van der Waals surface area contributed by atoms with Crippen molar-refractivity contribution in [1.82, 2.24) is 0 Å². The van der Waals surface area contributed by atoms with Crippen molar-refractivity contribution in [2.45, 2.75) is 0 Å². The van der Waals surface area contributed by atoms with Crippen molar-refractivity contribution in [3.8, 4) is 11.5 Å². The van der Waals surface area contributed by atoms with E-state index in [1.165, 1.54) is 7.11 Å². The van der Waals surface area contributed by atoms with Gasteiger partial charge in [-0.2, -0.15) is 0 Å². The Labute approximate surface area is 136 Å². The van der Waals surface area contributed by atoms with Crippen molar-refractivity contribution in [2.24, 2.45) is 0 Å². The number of hydrogen-bond donors (Lipinski definition) is 1. The van der Waals surface area contributed by atoms with Gasteiger partial charge in [-0.1, -0.05) is 11.6 Å². The average molecular weight is 371 g/mol. The molecule has 0 unspecified atom stereocenters. The van der Waals surface area contributed by atoms with Crippen LogP contribution in [0.4, 0.5) is 5.69 Å². The predicted molar refractivity (Wildman–Crippen MR) is 86.7 cm³/mol. The van der Waals surface area contributed by atoms with E-state index in [0.717, 1.165) is 0 Å². The molecule has 0 saturated heterocycles. The lowest BCUT2D eigenvalue weighted by molar-refractivity contribution is 0.102. The molecular formula is C15H13BrClNO3. The summed E-state index contributed by atoms with van der Waals surface area (Å²) in [5, 5.41) is 3.34. The number of hydrogen-bond acceptors (Lipinski definition) is 3. The van der Waals surface area contributed by atoms with Crippen LogP contribution in [0.1, 0.15) is 10.4 Å². The molecule has 0 atom stereocenters. The summed E-state index contributed by atoms with van der Waals surface area (Å²) in [6.45, 7) is 0. The minimum absolute atomic E-state index is 0.254. The van der Waals surface area contributed by atoms with Crippen molar-refractivity contribution in [1.29, 1.82) is 0 Å². The molecule has 0 spiro atoms. The highest BCUT2D eigenvalue weighted by atomic mass is 79.9. The van der Waals surface area contributed by atoms with E-state index < -0.39 is 0 Å². The Balaban J connectivity index is 2.24. The number of carbonyl (C=O) groups is 1. The first-order valence-corrected chi connectivity index (χ1v) is 7.20. The number of amides is 1. The van der Waals surface area contributed by atoms with E-state index in [2.05, 4.69) is 21.2 Å². The summed E-state index contributed by atoms with van der Waals surface area (Å²) in [5.41, 5.74) is 1.05. The molecule has 2 aromatic carbocycles. The summed E-state index contributed by atoms with van der Waals surface area (Å²) in [6, 6.07) is 10.1. The molecule has 0 heterocycles. The molecule has 2 rings (SSSR count). The van der Waals surface area contributed by atoms with E-state index in [1.54, 1.807) is 43.5 Å². The van der Waals surface area contributed by atoms with Gasteiger partial charge in [-0.15, -0.1) is 0 Å². The van der Waals surface area contributed by atoms with Crippen LogP contribution in [0, 0.1) is 0 Å². The van der Waals surface area contributed by atoms with Crippen LogP contribution >= 0.6 is 27.5 Å². The number of methoxy groups -OCH3 is 2. The smallest absolute Gasteiger partial charge is 0.255 e. The monoisotopic (exact) mass is 369 g/mol. The molecule has 0 aliphatic heterocycles. The normalized spacial score (nSPS) is 10.1. The first-order chi connectivity index (χ1) is 10.0. The summed E-state index contributed by atoms with van der Waals surface area (Å²) in [5.74, 6) is 0.922. The first kappa shape index (κ1) is 15.7. The van der Waals surface area contributed by atoms with Gasteiger partial charge < -0.3 is 14.8 Å². The van der Waals surface area contributed by atoms with Crippen molar-refractivity contribution in [2.75, 3.05) is 19.5 Å². The topological polar surface area (TPSA) is 47.6 Å². The summed E-state index contributed by atoms with van der Waals surface area (Å²) in [6.07, 6.45) is 0. The molecule has 0 bridgehead atoms. The van der Waals surface area contributed by atoms with Gasteiger partial charge in [0.25, 0.3) is 5.91 Å². The lowest BCUT2D eigenvalue weighted by atomic mass is 10.2. The number of ether oxygens (including phenoxy) is 2. The third-order valence-corrected chi connectivity index (χ3v) is 4.05. The van der Waals surface area contributed by atoms with Crippen LogP contribution in [-0.4, -0.2) is 20.1 Å². The number of nitrogens with one attached hydrogen (secondary N) is 1. The van der Waals surface area contributed by atoms with Gasteiger partial charge >= 0.3 is 0 Å². The fourth-order valence-corrected chi connectivity index (χ4v) is 2.23. The Morgan fingerprint density at radius 3 is 2.52 bits per heavy atom. The third-order valence-electron chi connectivity index (χ3n) is 2.84. The van der Waals surface area contributed by atoms with Gasteiger partial charge in [-0.3, -0.25) is 4.79 Å². The zero-order chi connectivity index (χ0) is 15.4. The van der Waals surface area contributed by atoms with Gasteiger partial charge in [0, 0.05) is 16.1 Å². The van der Waals surface area contributed by atoms with Gasteiger partial charge in [-0.05, 0) is 46.3 Å². The number of carbonyl (C=O) groups excluding carboxylic acids is 1. The van der Waals surface area contributed by atoms with Crippen molar-refractivity contribution in [3.05, 3.63) is 51.5 Å². The maximum Gasteiger partial charge on any atom is 0.255 e. The fraction of sp³-hybridized carbons (Fsp3) is 0.133. The standard InChI is InChI=1S/C15H13BrClNO3/c1-20-10-4-6-13(14(8-10)21-2)18-15(19)9-3-5-12(17)11(16)7-9/h3-8H,1-2H3,(H,18,19). The molecule has 0 aliphatic rings. The molecule has 4 nitrogen and oxygen atoms in total. The van der Waals surface area contributed by atoms with Crippen LogP contribution in [0.25, 0.3) is 0 Å². The van der Waals surface area contributed by atoms with E-state index in [9.17, 15) is 4.79 Å². The van der Waals surface area contributed by atoms with Gasteiger partial charge in [0.15, 0.2) is 0 Å². The quantitative estimate of drug-likeness (QED) is 0.869. The van der Waals surface area contributed by atoms with Gasteiger partial charge in [0.05, 0.1) is 24.9 Å². The van der Waals surface area contributed by atoms with Crippen molar-refractivity contribution in [3.63, 3.8) is 0 Å². The van der Waals surface area contributed by atoms with Crippen LogP contribution in [0.2, 0.25) is 5.02 Å². The number of anilines is 1. The van der Waals surface area contributed by atoms with Gasteiger partial charge in [0.2, 0.25) is 0 Å². The van der Waals surface area contributed by atoms with E-state index in [-0.39, 0.29) is 5.91 Å². The second-order valence-corrected chi connectivity index (χ2v) is 5.41. The molecular weight excluding hydrogens is 358 g/mol. The maximum absolute atomic E-state index is 12.2. The van der Waals surface area contributed by atoms with Gasteiger partial charge in [0.1, 0.15) is 11.5 Å². The molecule has 110 valence electrons. The largest absolute Gasteiger partial charge is 0.497 e. The molecule has 1 amide bonds. The Hall–Kier alpha value is -1.72. The number of benzene rings is 2. The van der Waals surface area contributed by atoms with Crippen LogP contribution in [0.5, 0.6) is 11.5 Å². The minimum Gasteiger partial charge on any atom is -0.497 e. The second-order valence-electron chi connectivity index (χ2n) is 4.15. The lowest BCUT2D eigenvalue weighted by Crippen LogP contribution is -2.12. The summed E-state index contributed by atoms with van der Waals surface area (Å²) in [4.78, 5) is 12.2. The summed E-state index contributed by atoms with van der Waals surface area (Å²) < 4.78 is 11.0. The zero-order valence-electron chi connectivity index (χ0n) is 11.4. The van der Waals surface area contributed by atoms with E-state index in [1.807, 2.05) is 0 Å². The Kier molecular flexibility index (Phi) is 5.09. The summed E-state index contributed by atoms with van der Waals surface area (Å²) in [7, 11) is 3.10. The Bertz CT molecular complexity index is 676. The zero-order valence-corrected chi connectivity index (χ0v) is 13.8. The van der Waals surface area contributed by atoms with Crippen LogP contribution in [-0.2, 0) is 0 Å². The molecule has 0 saturated carbocycles. The SMILES string of the molecule is COc1ccc(NC(=O)c2ccc(Cl)c(Br)c2)c(OC)c1. The highest BCUT2D eigenvalue weighted by Crippen LogP contribution is 2.30. The van der Waals surface area contributed by atoms with E-state index in [4.69, 9.17) is 21.1 Å². The molecule has 0 radical (unpaired) electrons. The third kappa shape index (κ3) is 3.68. The fourth-order valence-electron chi connectivity index (χ4n) is 1.73. The van der Waals surface area contributed by atoms with Crippen LogP contribution < -0.4 is 14.8 Å². The Morgan fingerprint density at radius 2 is 1.90 bits per heavy atom. The molecule has 0 aliphatic carbocycles. The molecule has 1 N–H and O–H groups in total. The average Bonchev–Trinajstić information content (AvgIpc) is 2.50. The van der Waals surface area contributed by atoms with E-state index >= 15 is 0 Å². The van der Waals surface area contributed by atoms with Crippen molar-refractivity contribution >= 4 is 39.1 Å². The number of rotatable bonds is 4. The molecule has 0 fully saturated rings. The van der Waals surface area contributed by atoms with E-state index in [0.29, 0.717) is 32.2 Å². The highest BCUT2D eigenvalue weighted by Gasteiger charge is 2.12. The Morgan fingerprint density at radius 1 is 1.14 bits per heavy atom. The molecule has 2 aromatic rings. The molecule has 6 heteroatoms. The van der Waals surface area contributed by atoms with Crippen LogP contribution in [0.15, 0.2) is 40.9 Å². The second kappa shape index (κ2) is 6.83. The predicted octanol–water partition coefficient (Wildman–Crippen LogP) is 4.37. The number of halogens is 2. The van der Waals surface area contributed by atoms with Crippen LogP contribution in [0.3, 0.4) is 0 Å².